The van der Waals surface area contributed by atoms with Crippen molar-refractivity contribution in [2.75, 3.05) is 4.90 Å². The van der Waals surface area contributed by atoms with Gasteiger partial charge in [-0.3, -0.25) is 14.0 Å². The number of fused-ring (bicyclic) bond motifs is 3. The molecule has 2 amide bonds. The smallest absolute Gasteiger partial charge is 0.286 e. The predicted molar refractivity (Wildman–Crippen MR) is 82.2 cm³/mol. The molecule has 0 atom stereocenters. The molecular weight excluding hydrogens is 278 g/mol. The number of anilines is 1. The van der Waals surface area contributed by atoms with Gasteiger partial charge in [-0.1, -0.05) is 23.8 Å². The minimum atomic E-state index is -0.365. The molecule has 5 heteroatoms. The van der Waals surface area contributed by atoms with Gasteiger partial charge in [0, 0.05) is 6.20 Å². The number of pyridine rings is 1. The van der Waals surface area contributed by atoms with Crippen LogP contribution < -0.4 is 4.90 Å². The molecule has 0 unspecified atom stereocenters. The van der Waals surface area contributed by atoms with E-state index in [0.717, 1.165) is 11.1 Å². The number of aromatic nitrogens is 2. The fraction of sp³-hybridized carbons (Fsp3) is 0.118. The molecule has 3 aromatic rings. The highest BCUT2D eigenvalue weighted by Gasteiger charge is 2.41. The van der Waals surface area contributed by atoms with Crippen LogP contribution in [0.1, 0.15) is 32.1 Å². The Labute approximate surface area is 126 Å². The number of rotatable bonds is 1. The third-order valence-electron chi connectivity index (χ3n) is 3.93. The molecule has 22 heavy (non-hydrogen) atoms. The molecule has 1 aromatic carbocycles. The summed E-state index contributed by atoms with van der Waals surface area (Å²) in [5.74, 6) is -0.693. The summed E-state index contributed by atoms with van der Waals surface area (Å²) in [7, 11) is 0. The minimum Gasteiger partial charge on any atom is -0.295 e. The monoisotopic (exact) mass is 291 g/mol. The summed E-state index contributed by atoms with van der Waals surface area (Å²) < 4.78 is 1.67. The van der Waals surface area contributed by atoms with Crippen molar-refractivity contribution in [1.82, 2.24) is 9.38 Å². The number of carbonyl (C=O) groups is 2. The van der Waals surface area contributed by atoms with E-state index in [0.29, 0.717) is 17.0 Å². The van der Waals surface area contributed by atoms with Crippen molar-refractivity contribution >= 4 is 23.1 Å². The molecule has 0 aliphatic carbocycles. The second-order valence-corrected chi connectivity index (χ2v) is 5.47. The van der Waals surface area contributed by atoms with Crippen molar-refractivity contribution in [3.05, 3.63) is 65.1 Å². The van der Waals surface area contributed by atoms with Gasteiger partial charge < -0.3 is 0 Å². The molecule has 0 spiro atoms. The number of nitrogens with zero attached hydrogens (tertiary/aromatic N) is 3. The fourth-order valence-electron chi connectivity index (χ4n) is 2.93. The molecule has 108 valence electrons. The normalized spacial score (nSPS) is 14.0. The van der Waals surface area contributed by atoms with Crippen LogP contribution >= 0.6 is 0 Å². The average Bonchev–Trinajstić information content (AvgIpc) is 2.98. The summed E-state index contributed by atoms with van der Waals surface area (Å²) >= 11 is 0. The van der Waals surface area contributed by atoms with Gasteiger partial charge in [0.1, 0.15) is 11.3 Å². The van der Waals surface area contributed by atoms with Crippen LogP contribution in [-0.4, -0.2) is 21.2 Å². The maximum Gasteiger partial charge on any atom is 0.286 e. The zero-order valence-electron chi connectivity index (χ0n) is 12.2. The highest BCUT2D eigenvalue weighted by Crippen LogP contribution is 2.31. The van der Waals surface area contributed by atoms with Crippen LogP contribution in [0.4, 0.5) is 5.69 Å². The van der Waals surface area contributed by atoms with Gasteiger partial charge in [0.25, 0.3) is 11.8 Å². The number of carbonyl (C=O) groups excluding carboxylic acids is 2. The quantitative estimate of drug-likeness (QED) is 0.648. The van der Waals surface area contributed by atoms with E-state index in [1.807, 2.05) is 38.1 Å². The van der Waals surface area contributed by atoms with Crippen molar-refractivity contribution < 1.29 is 9.59 Å². The SMILES string of the molecule is Cc1ccc(N2C(=O)c3nc4ccccn4c3C2=O)c(C)c1. The lowest BCUT2D eigenvalue weighted by Gasteiger charge is -2.17. The highest BCUT2D eigenvalue weighted by molar-refractivity contribution is 6.33. The number of imidazole rings is 1. The molecule has 1 aliphatic heterocycles. The molecule has 0 radical (unpaired) electrons. The van der Waals surface area contributed by atoms with Gasteiger partial charge in [-0.05, 0) is 37.6 Å². The maximum atomic E-state index is 12.8. The zero-order valence-corrected chi connectivity index (χ0v) is 12.2. The number of aryl methyl sites for hydroxylation is 2. The van der Waals surface area contributed by atoms with Crippen molar-refractivity contribution in [2.24, 2.45) is 0 Å². The summed E-state index contributed by atoms with van der Waals surface area (Å²) in [5, 5.41) is 0. The van der Waals surface area contributed by atoms with E-state index in [1.54, 1.807) is 22.7 Å². The fourth-order valence-corrected chi connectivity index (χ4v) is 2.93. The molecular formula is C17H13N3O2. The molecule has 5 nitrogen and oxygen atoms in total. The Balaban J connectivity index is 1.91. The number of benzene rings is 1. The van der Waals surface area contributed by atoms with Crippen LogP contribution in [0.5, 0.6) is 0 Å². The topological polar surface area (TPSA) is 54.7 Å². The van der Waals surface area contributed by atoms with E-state index in [1.165, 1.54) is 4.90 Å². The highest BCUT2D eigenvalue weighted by atomic mass is 16.2. The Morgan fingerprint density at radius 1 is 1.00 bits per heavy atom. The Morgan fingerprint density at radius 2 is 1.82 bits per heavy atom. The second-order valence-electron chi connectivity index (χ2n) is 5.47. The third kappa shape index (κ3) is 1.56. The summed E-state index contributed by atoms with van der Waals surface area (Å²) in [6.07, 6.45) is 1.75. The predicted octanol–water partition coefficient (Wildman–Crippen LogP) is 2.75. The molecule has 0 saturated heterocycles. The van der Waals surface area contributed by atoms with Crippen LogP contribution in [0.3, 0.4) is 0 Å². The standard InChI is InChI=1S/C17H13N3O2/c1-10-6-7-12(11(2)9-10)20-16(21)14-15(17(20)22)19-8-4-3-5-13(19)18-14/h3-9H,1-2H3. The molecule has 1 aliphatic rings. The van der Waals surface area contributed by atoms with E-state index >= 15 is 0 Å². The molecule has 0 saturated carbocycles. The summed E-state index contributed by atoms with van der Waals surface area (Å²) in [6, 6.07) is 11.1. The summed E-state index contributed by atoms with van der Waals surface area (Å²) in [5.41, 5.74) is 3.75. The van der Waals surface area contributed by atoms with Crippen LogP contribution in [0.15, 0.2) is 42.6 Å². The van der Waals surface area contributed by atoms with Crippen LogP contribution in [0, 0.1) is 13.8 Å². The van der Waals surface area contributed by atoms with Gasteiger partial charge in [-0.15, -0.1) is 0 Å². The van der Waals surface area contributed by atoms with Gasteiger partial charge in [-0.25, -0.2) is 9.88 Å². The first-order valence-corrected chi connectivity index (χ1v) is 7.01. The van der Waals surface area contributed by atoms with E-state index in [-0.39, 0.29) is 17.5 Å². The van der Waals surface area contributed by atoms with Crippen LogP contribution in [0.25, 0.3) is 5.65 Å². The third-order valence-corrected chi connectivity index (χ3v) is 3.93. The minimum absolute atomic E-state index is 0.219. The first kappa shape index (κ1) is 12.8. The Hall–Kier alpha value is -2.95. The number of imide groups is 1. The van der Waals surface area contributed by atoms with E-state index < -0.39 is 0 Å². The lowest BCUT2D eigenvalue weighted by molar-refractivity contribution is 0.0922. The first-order valence-electron chi connectivity index (χ1n) is 7.01. The van der Waals surface area contributed by atoms with Crippen LogP contribution in [0.2, 0.25) is 0 Å². The first-order chi connectivity index (χ1) is 10.6. The summed E-state index contributed by atoms with van der Waals surface area (Å²) in [6.45, 7) is 3.87. The molecule has 4 rings (SSSR count). The van der Waals surface area contributed by atoms with Crippen LogP contribution in [-0.2, 0) is 0 Å². The number of hydrogen-bond donors (Lipinski definition) is 0. The zero-order chi connectivity index (χ0) is 15.4. The molecule has 3 heterocycles. The van der Waals surface area contributed by atoms with E-state index in [9.17, 15) is 9.59 Å². The lowest BCUT2D eigenvalue weighted by atomic mass is 10.1. The molecule has 2 aromatic heterocycles. The van der Waals surface area contributed by atoms with Gasteiger partial charge >= 0.3 is 0 Å². The van der Waals surface area contributed by atoms with E-state index in [4.69, 9.17) is 0 Å². The van der Waals surface area contributed by atoms with Crippen molar-refractivity contribution in [1.29, 1.82) is 0 Å². The van der Waals surface area contributed by atoms with Crippen molar-refractivity contribution in [3.8, 4) is 0 Å². The van der Waals surface area contributed by atoms with Crippen molar-refractivity contribution in [2.45, 2.75) is 13.8 Å². The Bertz CT molecular complexity index is 956. The lowest BCUT2D eigenvalue weighted by Crippen LogP contribution is -2.31. The average molecular weight is 291 g/mol. The number of hydrogen-bond acceptors (Lipinski definition) is 3. The Kier molecular flexibility index (Phi) is 2.48. The summed E-state index contributed by atoms with van der Waals surface area (Å²) in [4.78, 5) is 30.9. The van der Waals surface area contributed by atoms with E-state index in [2.05, 4.69) is 4.98 Å². The number of amides is 2. The maximum absolute atomic E-state index is 12.8. The van der Waals surface area contributed by atoms with Gasteiger partial charge in [-0.2, -0.15) is 0 Å². The van der Waals surface area contributed by atoms with Crippen molar-refractivity contribution in [3.63, 3.8) is 0 Å². The molecule has 0 fully saturated rings. The van der Waals surface area contributed by atoms with Gasteiger partial charge in [0.2, 0.25) is 0 Å². The Morgan fingerprint density at radius 3 is 2.59 bits per heavy atom. The molecule has 0 bridgehead atoms. The van der Waals surface area contributed by atoms with Gasteiger partial charge in [0.05, 0.1) is 5.69 Å². The molecule has 0 N–H and O–H groups in total. The van der Waals surface area contributed by atoms with Gasteiger partial charge in [0.15, 0.2) is 5.69 Å². The second kappa shape index (κ2) is 4.27. The largest absolute Gasteiger partial charge is 0.295 e.